The number of hydrogen-bond acceptors (Lipinski definition) is 6. The molecule has 1 fully saturated rings. The maximum atomic E-state index is 11.3. The van der Waals surface area contributed by atoms with Gasteiger partial charge in [-0.15, -0.1) is 0 Å². The third-order valence-electron chi connectivity index (χ3n) is 5.17. The molecule has 0 aliphatic heterocycles. The summed E-state index contributed by atoms with van der Waals surface area (Å²) in [7, 11) is -7.09. The molecule has 2 aliphatic rings. The molecule has 21 heavy (non-hydrogen) atoms. The Labute approximate surface area is 126 Å². The second kappa shape index (κ2) is 5.04. The minimum atomic E-state index is -3.54. The molecule has 2 bridgehead atoms. The van der Waals surface area contributed by atoms with Crippen LogP contribution in [0.2, 0.25) is 0 Å². The summed E-state index contributed by atoms with van der Waals surface area (Å²) in [5.41, 5.74) is -0.972. The Kier molecular flexibility index (Phi) is 4.06. The lowest BCUT2D eigenvalue weighted by molar-refractivity contribution is -0.0224. The van der Waals surface area contributed by atoms with E-state index in [0.29, 0.717) is 0 Å². The van der Waals surface area contributed by atoms with E-state index < -0.39 is 31.1 Å². The number of hydrogen-bond donors (Lipinski definition) is 0. The zero-order valence-electron chi connectivity index (χ0n) is 12.7. The number of allylic oxidation sites excluding steroid dienone is 2. The molecule has 8 heteroatoms. The van der Waals surface area contributed by atoms with Crippen molar-refractivity contribution in [1.82, 2.24) is 0 Å². The highest BCUT2D eigenvalue weighted by Gasteiger charge is 2.61. The van der Waals surface area contributed by atoms with Crippen molar-refractivity contribution in [3.8, 4) is 0 Å². The summed E-state index contributed by atoms with van der Waals surface area (Å²) >= 11 is 0. The van der Waals surface area contributed by atoms with Gasteiger partial charge < -0.3 is 0 Å². The van der Waals surface area contributed by atoms with Crippen LogP contribution >= 0.6 is 0 Å². The maximum absolute atomic E-state index is 11.3. The van der Waals surface area contributed by atoms with Crippen LogP contribution < -0.4 is 0 Å². The molecule has 0 aromatic heterocycles. The van der Waals surface area contributed by atoms with Gasteiger partial charge in [0.1, 0.15) is 0 Å². The Balaban J connectivity index is 2.26. The van der Waals surface area contributed by atoms with E-state index in [1.807, 2.05) is 13.8 Å². The van der Waals surface area contributed by atoms with Gasteiger partial charge in [-0.1, -0.05) is 26.0 Å². The van der Waals surface area contributed by atoms with Crippen molar-refractivity contribution in [2.45, 2.75) is 20.3 Å². The van der Waals surface area contributed by atoms with E-state index in [-0.39, 0.29) is 25.0 Å². The van der Waals surface area contributed by atoms with Gasteiger partial charge >= 0.3 is 0 Å². The molecule has 2 rings (SSSR count). The van der Waals surface area contributed by atoms with E-state index in [9.17, 15) is 16.8 Å². The topological polar surface area (TPSA) is 86.7 Å². The summed E-state index contributed by atoms with van der Waals surface area (Å²) in [6.45, 7) is 3.94. The van der Waals surface area contributed by atoms with Gasteiger partial charge in [-0.2, -0.15) is 16.8 Å². The van der Waals surface area contributed by atoms with Crippen LogP contribution in [0, 0.1) is 22.7 Å². The van der Waals surface area contributed by atoms with Gasteiger partial charge in [0.15, 0.2) is 0 Å². The molecule has 0 aromatic rings. The second-order valence-corrected chi connectivity index (χ2v) is 9.89. The minimum Gasteiger partial charge on any atom is -0.270 e. The quantitative estimate of drug-likeness (QED) is 0.533. The molecular weight excluding hydrogens is 316 g/mol. The SMILES string of the molecule is CC1(COS(C)(=O)=O)C2C=CC(C2)C1(C)COS(C)(=O)=O. The highest BCUT2D eigenvalue weighted by Crippen LogP contribution is 2.63. The normalized spacial score (nSPS) is 39.0. The fraction of sp³-hybridized carbons (Fsp3) is 0.846. The van der Waals surface area contributed by atoms with Gasteiger partial charge in [0, 0.05) is 10.8 Å². The van der Waals surface area contributed by atoms with Crippen molar-refractivity contribution < 1.29 is 25.2 Å². The lowest BCUT2D eigenvalue weighted by Crippen LogP contribution is -2.48. The Morgan fingerprint density at radius 3 is 1.52 bits per heavy atom. The van der Waals surface area contributed by atoms with E-state index in [1.54, 1.807) is 0 Å². The fourth-order valence-electron chi connectivity index (χ4n) is 3.49. The van der Waals surface area contributed by atoms with Crippen molar-refractivity contribution in [3.05, 3.63) is 12.2 Å². The molecule has 0 saturated heterocycles. The average Bonchev–Trinajstić information content (AvgIpc) is 2.86. The Morgan fingerprint density at radius 1 is 0.905 bits per heavy atom. The van der Waals surface area contributed by atoms with Gasteiger partial charge in [0.05, 0.1) is 25.7 Å². The molecule has 6 nitrogen and oxygen atoms in total. The van der Waals surface area contributed by atoms with Crippen LogP contribution in [0.3, 0.4) is 0 Å². The van der Waals surface area contributed by atoms with Gasteiger partial charge in [-0.25, -0.2) is 0 Å². The van der Waals surface area contributed by atoms with Crippen LogP contribution in [0.1, 0.15) is 20.3 Å². The van der Waals surface area contributed by atoms with Crippen molar-refractivity contribution in [3.63, 3.8) is 0 Å². The monoisotopic (exact) mass is 338 g/mol. The zero-order valence-corrected chi connectivity index (χ0v) is 14.3. The van der Waals surface area contributed by atoms with Crippen LogP contribution in [-0.4, -0.2) is 42.6 Å². The first-order valence-corrected chi connectivity index (χ1v) is 10.4. The van der Waals surface area contributed by atoms with Crippen LogP contribution in [0.5, 0.6) is 0 Å². The molecule has 122 valence electrons. The predicted molar refractivity (Wildman–Crippen MR) is 78.5 cm³/mol. The highest BCUT2D eigenvalue weighted by molar-refractivity contribution is 7.86. The molecule has 0 spiro atoms. The molecule has 4 unspecified atom stereocenters. The van der Waals surface area contributed by atoms with Gasteiger partial charge in [-0.3, -0.25) is 8.37 Å². The van der Waals surface area contributed by atoms with E-state index in [1.165, 1.54) is 0 Å². The van der Waals surface area contributed by atoms with Gasteiger partial charge in [0.25, 0.3) is 20.2 Å². The molecular formula is C13H22O6S2. The molecule has 0 aromatic carbocycles. The molecule has 1 saturated carbocycles. The highest BCUT2D eigenvalue weighted by atomic mass is 32.2. The Morgan fingerprint density at radius 2 is 1.24 bits per heavy atom. The maximum Gasteiger partial charge on any atom is 0.264 e. The fourth-order valence-corrected chi connectivity index (χ4v) is 4.41. The minimum absolute atomic E-state index is 0.0287. The lowest BCUT2D eigenvalue weighted by Gasteiger charge is -2.46. The molecule has 4 atom stereocenters. The van der Waals surface area contributed by atoms with Crippen LogP contribution in [0.25, 0.3) is 0 Å². The van der Waals surface area contributed by atoms with Crippen LogP contribution in [-0.2, 0) is 28.6 Å². The van der Waals surface area contributed by atoms with Crippen molar-refractivity contribution >= 4 is 20.2 Å². The Hall–Kier alpha value is -0.440. The molecule has 0 amide bonds. The summed E-state index contributed by atoms with van der Waals surface area (Å²) in [6.07, 6.45) is 7.04. The van der Waals surface area contributed by atoms with Crippen molar-refractivity contribution in [2.75, 3.05) is 25.7 Å². The molecule has 0 heterocycles. The van der Waals surface area contributed by atoms with E-state index in [0.717, 1.165) is 18.9 Å². The van der Waals surface area contributed by atoms with Gasteiger partial charge in [0.2, 0.25) is 0 Å². The first-order valence-electron chi connectivity index (χ1n) is 6.74. The van der Waals surface area contributed by atoms with Crippen molar-refractivity contribution in [2.24, 2.45) is 22.7 Å². The lowest BCUT2D eigenvalue weighted by atomic mass is 9.60. The summed E-state index contributed by atoms with van der Waals surface area (Å²) in [4.78, 5) is 0. The standard InChI is InChI=1S/C13H22O6S2/c1-12(8-18-20(3,14)15)10-5-6-11(7-10)13(12,2)9-19-21(4,16)17/h5-6,10-11H,7-9H2,1-4H3. The molecule has 0 N–H and O–H groups in total. The average molecular weight is 338 g/mol. The summed E-state index contributed by atoms with van der Waals surface area (Å²) in [5, 5.41) is 0. The zero-order chi connectivity index (χ0) is 16.1. The predicted octanol–water partition coefficient (Wildman–Crippen LogP) is 1.16. The van der Waals surface area contributed by atoms with Crippen LogP contribution in [0.4, 0.5) is 0 Å². The largest absolute Gasteiger partial charge is 0.270 e. The third kappa shape index (κ3) is 3.18. The molecule has 0 radical (unpaired) electrons. The first-order chi connectivity index (χ1) is 9.37. The van der Waals surface area contributed by atoms with E-state index in [4.69, 9.17) is 8.37 Å². The van der Waals surface area contributed by atoms with Crippen LogP contribution in [0.15, 0.2) is 12.2 Å². The van der Waals surface area contributed by atoms with Crippen molar-refractivity contribution in [1.29, 1.82) is 0 Å². The Bertz CT molecular complexity index is 594. The second-order valence-electron chi connectivity index (χ2n) is 6.60. The summed E-state index contributed by atoms with van der Waals surface area (Å²) in [5.74, 6) is 0.329. The van der Waals surface area contributed by atoms with Gasteiger partial charge in [-0.05, 0) is 18.3 Å². The summed E-state index contributed by atoms with van der Waals surface area (Å²) in [6, 6.07) is 0. The third-order valence-corrected chi connectivity index (χ3v) is 6.26. The summed E-state index contributed by atoms with van der Waals surface area (Å²) < 4.78 is 55.2. The first kappa shape index (κ1) is 16.9. The smallest absolute Gasteiger partial charge is 0.264 e. The number of rotatable bonds is 6. The van der Waals surface area contributed by atoms with E-state index >= 15 is 0 Å². The number of fused-ring (bicyclic) bond motifs is 2. The van der Waals surface area contributed by atoms with E-state index in [2.05, 4.69) is 12.2 Å². The molecule has 2 aliphatic carbocycles.